The maximum Gasteiger partial charge on any atom is 0.252 e. The molecule has 4 aliphatic carbocycles. The van der Waals surface area contributed by atoms with Crippen LogP contribution in [0.5, 0.6) is 5.75 Å². The highest BCUT2D eigenvalue weighted by molar-refractivity contribution is 6.07. The highest BCUT2D eigenvalue weighted by Crippen LogP contribution is 2.60. The van der Waals surface area contributed by atoms with E-state index in [9.17, 15) is 14.4 Å². The second kappa shape index (κ2) is 10.5. The van der Waals surface area contributed by atoms with Crippen LogP contribution in [0, 0.1) is 23.2 Å². The Balaban J connectivity index is 0.936. The number of hydrogen-bond acceptors (Lipinski definition) is 6. The van der Waals surface area contributed by atoms with Gasteiger partial charge < -0.3 is 15.0 Å². The predicted octanol–water partition coefficient (Wildman–Crippen LogP) is 3.06. The van der Waals surface area contributed by atoms with Gasteiger partial charge in [0.15, 0.2) is 0 Å². The van der Waals surface area contributed by atoms with E-state index in [1.165, 1.54) is 24.2 Å². The van der Waals surface area contributed by atoms with E-state index in [2.05, 4.69) is 21.2 Å². The summed E-state index contributed by atoms with van der Waals surface area (Å²) >= 11 is 0. The molecule has 4 saturated carbocycles. The SMILES string of the molecule is COc1ccccc1N1CCN(CCCCN2C(=O)C[C@@H](NC(=O)C34CC5CC(CC(C5)C3)C4)C2=O)CC1. The van der Waals surface area contributed by atoms with E-state index in [1.54, 1.807) is 7.11 Å². The van der Waals surface area contributed by atoms with Crippen molar-refractivity contribution in [2.24, 2.45) is 23.2 Å². The first kappa shape index (κ1) is 25.7. The number of para-hydroxylation sites is 2. The summed E-state index contributed by atoms with van der Waals surface area (Å²) in [7, 11) is 1.71. The normalized spacial score (nSPS) is 32.8. The van der Waals surface area contributed by atoms with Crippen LogP contribution in [0.25, 0.3) is 0 Å². The van der Waals surface area contributed by atoms with Gasteiger partial charge in [-0.1, -0.05) is 12.1 Å². The van der Waals surface area contributed by atoms with E-state index in [0.29, 0.717) is 24.3 Å². The fourth-order valence-electron chi connectivity index (χ4n) is 8.44. The van der Waals surface area contributed by atoms with E-state index in [4.69, 9.17) is 4.74 Å². The van der Waals surface area contributed by atoms with Crippen LogP contribution < -0.4 is 15.0 Å². The number of ether oxygens (including phenoxy) is 1. The summed E-state index contributed by atoms with van der Waals surface area (Å²) in [5, 5.41) is 3.04. The number of anilines is 1. The molecule has 8 heteroatoms. The van der Waals surface area contributed by atoms with Gasteiger partial charge in [0.1, 0.15) is 11.8 Å². The molecule has 3 amide bonds. The van der Waals surface area contributed by atoms with Gasteiger partial charge in [-0.25, -0.2) is 0 Å². The van der Waals surface area contributed by atoms with E-state index in [-0.39, 0.29) is 29.6 Å². The van der Waals surface area contributed by atoms with Gasteiger partial charge in [-0.05, 0) is 87.8 Å². The summed E-state index contributed by atoms with van der Waals surface area (Å²) in [4.78, 5) is 45.3. The van der Waals surface area contributed by atoms with E-state index < -0.39 is 6.04 Å². The number of piperazine rings is 1. The minimum Gasteiger partial charge on any atom is -0.495 e. The molecule has 6 aliphatic rings. The molecule has 1 atom stereocenters. The maximum absolute atomic E-state index is 13.4. The van der Waals surface area contributed by atoms with Crippen molar-refractivity contribution in [2.75, 3.05) is 51.3 Å². The molecule has 0 aromatic heterocycles. The quantitative estimate of drug-likeness (QED) is 0.397. The first-order valence-corrected chi connectivity index (χ1v) is 14.7. The molecule has 2 saturated heterocycles. The number of nitrogens with zero attached hydrogens (tertiary/aromatic N) is 3. The van der Waals surface area contributed by atoms with E-state index in [0.717, 1.165) is 76.3 Å². The highest BCUT2D eigenvalue weighted by atomic mass is 16.5. The molecule has 6 fully saturated rings. The molecular formula is C30H42N4O4. The predicted molar refractivity (Wildman–Crippen MR) is 145 cm³/mol. The van der Waals surface area contributed by atoms with Gasteiger partial charge in [0.2, 0.25) is 11.8 Å². The molecule has 1 N–H and O–H groups in total. The third-order valence-corrected chi connectivity index (χ3v) is 9.97. The van der Waals surface area contributed by atoms with Crippen molar-refractivity contribution in [3.8, 4) is 5.75 Å². The van der Waals surface area contributed by atoms with Crippen molar-refractivity contribution >= 4 is 23.4 Å². The zero-order valence-corrected chi connectivity index (χ0v) is 22.7. The van der Waals surface area contributed by atoms with Crippen LogP contribution in [-0.2, 0) is 14.4 Å². The first-order valence-electron chi connectivity index (χ1n) is 14.7. The number of likely N-dealkylation sites (tertiary alicyclic amines) is 1. The van der Waals surface area contributed by atoms with Crippen LogP contribution in [0.2, 0.25) is 0 Å². The van der Waals surface area contributed by atoms with Gasteiger partial charge in [0.05, 0.1) is 19.2 Å². The fourth-order valence-corrected chi connectivity index (χ4v) is 8.44. The average Bonchev–Trinajstić information content (AvgIpc) is 3.18. The molecule has 8 nitrogen and oxygen atoms in total. The van der Waals surface area contributed by atoms with Crippen molar-refractivity contribution in [1.82, 2.24) is 15.1 Å². The van der Waals surface area contributed by atoms with Crippen LogP contribution in [0.15, 0.2) is 24.3 Å². The fraction of sp³-hybridized carbons (Fsp3) is 0.700. The largest absolute Gasteiger partial charge is 0.495 e. The van der Waals surface area contributed by atoms with Gasteiger partial charge in [-0.3, -0.25) is 24.2 Å². The van der Waals surface area contributed by atoms with Crippen LogP contribution in [-0.4, -0.2) is 79.9 Å². The average molecular weight is 523 g/mol. The van der Waals surface area contributed by atoms with Crippen LogP contribution in [0.3, 0.4) is 0 Å². The zero-order chi connectivity index (χ0) is 26.3. The molecule has 0 spiro atoms. The minimum absolute atomic E-state index is 0.0388. The lowest BCUT2D eigenvalue weighted by molar-refractivity contribution is -0.149. The number of nitrogens with one attached hydrogen (secondary N) is 1. The molecule has 38 heavy (non-hydrogen) atoms. The summed E-state index contributed by atoms with van der Waals surface area (Å²) in [6.45, 7) is 5.28. The lowest BCUT2D eigenvalue weighted by Gasteiger charge is -2.55. The zero-order valence-electron chi connectivity index (χ0n) is 22.7. The van der Waals surface area contributed by atoms with Gasteiger partial charge in [0, 0.05) is 38.1 Å². The third kappa shape index (κ3) is 4.92. The lowest BCUT2D eigenvalue weighted by atomic mass is 9.49. The summed E-state index contributed by atoms with van der Waals surface area (Å²) < 4.78 is 5.52. The molecule has 2 heterocycles. The van der Waals surface area contributed by atoms with E-state index in [1.807, 2.05) is 18.2 Å². The second-order valence-corrected chi connectivity index (χ2v) is 12.5. The lowest BCUT2D eigenvalue weighted by Crippen LogP contribution is -2.56. The molecule has 0 unspecified atom stereocenters. The number of carbonyl (C=O) groups is 3. The summed E-state index contributed by atoms with van der Waals surface area (Å²) in [6.07, 6.45) is 8.58. The Hall–Kier alpha value is -2.61. The Morgan fingerprint density at radius 1 is 0.947 bits per heavy atom. The number of methoxy groups -OCH3 is 1. The maximum atomic E-state index is 13.4. The topological polar surface area (TPSA) is 82.2 Å². The molecular weight excluding hydrogens is 480 g/mol. The van der Waals surface area contributed by atoms with Crippen molar-refractivity contribution < 1.29 is 19.1 Å². The number of hydrogen-bond donors (Lipinski definition) is 1. The Kier molecular flexibility index (Phi) is 7.10. The molecule has 2 aliphatic heterocycles. The van der Waals surface area contributed by atoms with E-state index >= 15 is 0 Å². The Labute approximate surface area is 226 Å². The van der Waals surface area contributed by atoms with Crippen molar-refractivity contribution in [2.45, 2.75) is 63.8 Å². The Bertz CT molecular complexity index is 1030. The van der Waals surface area contributed by atoms with Crippen LogP contribution in [0.1, 0.15) is 57.8 Å². The Morgan fingerprint density at radius 3 is 2.24 bits per heavy atom. The standard InChI is InChI=1S/C30H42N4O4/c1-38-26-7-3-2-6-25(26)33-12-10-32(11-13-33)8-4-5-9-34-27(35)17-24(28(34)36)31-29(37)30-18-21-14-22(19-30)16-23(15-21)20-30/h2-3,6-7,21-24H,4-5,8-20H2,1H3,(H,31,37)/t21?,22?,23?,24-,30?/m1/s1. The molecule has 206 valence electrons. The molecule has 1 aromatic carbocycles. The van der Waals surface area contributed by atoms with Crippen LogP contribution in [0.4, 0.5) is 5.69 Å². The monoisotopic (exact) mass is 522 g/mol. The van der Waals surface area contributed by atoms with Crippen molar-refractivity contribution in [3.63, 3.8) is 0 Å². The summed E-state index contributed by atoms with van der Waals surface area (Å²) in [5.41, 5.74) is 0.854. The Morgan fingerprint density at radius 2 is 1.58 bits per heavy atom. The number of imide groups is 1. The van der Waals surface area contributed by atoms with Gasteiger partial charge >= 0.3 is 0 Å². The number of amides is 3. The molecule has 4 bridgehead atoms. The van der Waals surface area contributed by atoms with Gasteiger partial charge in [0.25, 0.3) is 5.91 Å². The smallest absolute Gasteiger partial charge is 0.252 e. The minimum atomic E-state index is -0.675. The molecule has 1 aromatic rings. The highest BCUT2D eigenvalue weighted by Gasteiger charge is 2.55. The van der Waals surface area contributed by atoms with Crippen molar-refractivity contribution in [3.05, 3.63) is 24.3 Å². The number of unbranched alkanes of at least 4 members (excludes halogenated alkanes) is 1. The number of benzene rings is 1. The van der Waals surface area contributed by atoms with Crippen molar-refractivity contribution in [1.29, 1.82) is 0 Å². The third-order valence-electron chi connectivity index (χ3n) is 9.97. The first-order chi connectivity index (χ1) is 18.4. The molecule has 7 rings (SSSR count). The second-order valence-electron chi connectivity index (χ2n) is 12.5. The number of rotatable bonds is 9. The van der Waals surface area contributed by atoms with Gasteiger partial charge in [-0.2, -0.15) is 0 Å². The summed E-state index contributed by atoms with van der Waals surface area (Å²) in [5.74, 6) is 2.62. The number of carbonyl (C=O) groups excluding carboxylic acids is 3. The summed E-state index contributed by atoms with van der Waals surface area (Å²) in [6, 6.07) is 7.48. The molecule has 0 radical (unpaired) electrons. The van der Waals surface area contributed by atoms with Crippen LogP contribution >= 0.6 is 0 Å². The van der Waals surface area contributed by atoms with Gasteiger partial charge in [-0.15, -0.1) is 0 Å².